The van der Waals surface area contributed by atoms with Crippen LogP contribution in [0.3, 0.4) is 0 Å². The Bertz CT molecular complexity index is 93.0. The molecule has 0 radical (unpaired) electrons. The Morgan fingerprint density at radius 2 is 1.64 bits per heavy atom. The van der Waals surface area contributed by atoms with Crippen LogP contribution >= 0.6 is 0 Å². The number of likely N-dealkylation sites (N-methyl/N-ethyl adjacent to an activating group) is 1. The lowest BCUT2D eigenvalue weighted by Crippen LogP contribution is -2.22. The fourth-order valence-electron chi connectivity index (χ4n) is 0.990. The molecule has 0 aliphatic heterocycles. The van der Waals surface area contributed by atoms with Gasteiger partial charge in [-0.2, -0.15) is 0 Å². The molecule has 0 heterocycles. The van der Waals surface area contributed by atoms with E-state index in [1.165, 1.54) is 12.8 Å². The molecule has 0 bridgehead atoms. The van der Waals surface area contributed by atoms with Crippen LogP contribution in [0.4, 0.5) is 0 Å². The lowest BCUT2D eigenvalue weighted by atomic mass is 10.3. The first-order valence-electron chi connectivity index (χ1n) is 4.72. The summed E-state index contributed by atoms with van der Waals surface area (Å²) in [7, 11) is 0. The van der Waals surface area contributed by atoms with E-state index in [0.717, 1.165) is 19.6 Å². The summed E-state index contributed by atoms with van der Waals surface area (Å²) in [5, 5.41) is 0. The zero-order chi connectivity index (χ0) is 8.53. The van der Waals surface area contributed by atoms with Crippen molar-refractivity contribution in [2.75, 3.05) is 19.6 Å². The van der Waals surface area contributed by atoms with Crippen LogP contribution in [0.2, 0.25) is 0 Å². The predicted molar refractivity (Wildman–Crippen MR) is 51.8 cm³/mol. The van der Waals surface area contributed by atoms with Crippen LogP contribution < -0.4 is 0 Å². The SMILES string of the molecule is CCCC=CCN(CC)CC. The maximum Gasteiger partial charge on any atom is 0.0162 e. The summed E-state index contributed by atoms with van der Waals surface area (Å²) in [6, 6.07) is 0. The molecule has 0 rings (SSSR count). The molecule has 11 heavy (non-hydrogen) atoms. The minimum atomic E-state index is 1.12. The summed E-state index contributed by atoms with van der Waals surface area (Å²) in [6.07, 6.45) is 7.03. The van der Waals surface area contributed by atoms with Gasteiger partial charge in [-0.05, 0) is 19.5 Å². The lowest BCUT2D eigenvalue weighted by molar-refractivity contribution is 0.337. The second-order valence-corrected chi connectivity index (χ2v) is 2.75. The summed E-state index contributed by atoms with van der Waals surface area (Å²) in [5.74, 6) is 0. The van der Waals surface area contributed by atoms with Crippen molar-refractivity contribution in [1.29, 1.82) is 0 Å². The molecule has 0 aliphatic rings. The quantitative estimate of drug-likeness (QED) is 0.533. The first-order valence-corrected chi connectivity index (χ1v) is 4.72. The molecule has 0 atom stereocenters. The lowest BCUT2D eigenvalue weighted by Gasteiger charge is -2.14. The average molecular weight is 155 g/mol. The van der Waals surface area contributed by atoms with Gasteiger partial charge in [0.05, 0.1) is 0 Å². The Morgan fingerprint density at radius 3 is 2.09 bits per heavy atom. The summed E-state index contributed by atoms with van der Waals surface area (Å²) in [4.78, 5) is 2.41. The highest BCUT2D eigenvalue weighted by atomic mass is 15.1. The van der Waals surface area contributed by atoms with Crippen LogP contribution in [-0.2, 0) is 0 Å². The molecule has 0 aromatic rings. The molecule has 1 heteroatoms. The van der Waals surface area contributed by atoms with E-state index in [1.807, 2.05) is 0 Å². The van der Waals surface area contributed by atoms with Crippen LogP contribution in [0.15, 0.2) is 12.2 Å². The van der Waals surface area contributed by atoms with E-state index < -0.39 is 0 Å². The van der Waals surface area contributed by atoms with Crippen LogP contribution in [0.5, 0.6) is 0 Å². The number of allylic oxidation sites excluding steroid dienone is 1. The van der Waals surface area contributed by atoms with Crippen molar-refractivity contribution < 1.29 is 0 Å². The number of nitrogens with zero attached hydrogens (tertiary/aromatic N) is 1. The van der Waals surface area contributed by atoms with E-state index in [1.54, 1.807) is 0 Å². The molecular weight excluding hydrogens is 134 g/mol. The van der Waals surface area contributed by atoms with Crippen LogP contribution in [-0.4, -0.2) is 24.5 Å². The van der Waals surface area contributed by atoms with Crippen LogP contribution in [0.1, 0.15) is 33.6 Å². The molecule has 0 aliphatic carbocycles. The zero-order valence-corrected chi connectivity index (χ0v) is 8.14. The fourth-order valence-corrected chi connectivity index (χ4v) is 0.990. The van der Waals surface area contributed by atoms with Gasteiger partial charge >= 0.3 is 0 Å². The van der Waals surface area contributed by atoms with E-state index in [9.17, 15) is 0 Å². The van der Waals surface area contributed by atoms with Crippen molar-refractivity contribution in [2.24, 2.45) is 0 Å². The third-order valence-corrected chi connectivity index (χ3v) is 1.88. The van der Waals surface area contributed by atoms with E-state index in [2.05, 4.69) is 37.8 Å². The maximum atomic E-state index is 2.41. The van der Waals surface area contributed by atoms with E-state index in [-0.39, 0.29) is 0 Å². The maximum absolute atomic E-state index is 2.41. The third kappa shape index (κ3) is 6.11. The van der Waals surface area contributed by atoms with E-state index in [4.69, 9.17) is 0 Å². The standard InChI is InChI=1S/C10H21N/c1-4-7-8-9-10-11(5-2)6-3/h8-9H,4-7,10H2,1-3H3. The van der Waals surface area contributed by atoms with Gasteiger partial charge in [-0.15, -0.1) is 0 Å². The first-order chi connectivity index (χ1) is 5.35. The van der Waals surface area contributed by atoms with Crippen molar-refractivity contribution in [1.82, 2.24) is 4.90 Å². The third-order valence-electron chi connectivity index (χ3n) is 1.88. The molecule has 0 unspecified atom stereocenters. The molecule has 0 spiro atoms. The molecule has 66 valence electrons. The molecule has 1 nitrogen and oxygen atoms in total. The smallest absolute Gasteiger partial charge is 0.0162 e. The number of unbranched alkanes of at least 4 members (excludes halogenated alkanes) is 1. The highest BCUT2D eigenvalue weighted by molar-refractivity contribution is 4.83. The predicted octanol–water partition coefficient (Wildman–Crippen LogP) is 2.68. The normalized spacial score (nSPS) is 11.6. The molecule has 0 N–H and O–H groups in total. The second kappa shape index (κ2) is 7.80. The van der Waals surface area contributed by atoms with Gasteiger partial charge in [-0.25, -0.2) is 0 Å². The number of rotatable bonds is 6. The summed E-state index contributed by atoms with van der Waals surface area (Å²) >= 11 is 0. The van der Waals surface area contributed by atoms with Gasteiger partial charge in [-0.1, -0.05) is 39.3 Å². The minimum absolute atomic E-state index is 1.12. The Balaban J connectivity index is 3.33. The second-order valence-electron chi connectivity index (χ2n) is 2.75. The van der Waals surface area contributed by atoms with Crippen molar-refractivity contribution in [3.05, 3.63) is 12.2 Å². The van der Waals surface area contributed by atoms with Crippen molar-refractivity contribution in [3.63, 3.8) is 0 Å². The average Bonchev–Trinajstić information content (AvgIpc) is 2.05. The highest BCUT2D eigenvalue weighted by Gasteiger charge is 1.92. The Kier molecular flexibility index (Phi) is 7.59. The number of hydrogen-bond acceptors (Lipinski definition) is 1. The minimum Gasteiger partial charge on any atom is -0.300 e. The monoisotopic (exact) mass is 155 g/mol. The van der Waals surface area contributed by atoms with Crippen molar-refractivity contribution in [3.8, 4) is 0 Å². The molecule has 0 saturated carbocycles. The Morgan fingerprint density at radius 1 is 1.00 bits per heavy atom. The highest BCUT2D eigenvalue weighted by Crippen LogP contribution is 1.91. The fraction of sp³-hybridized carbons (Fsp3) is 0.800. The Labute approximate surface area is 71.1 Å². The molecule has 0 aromatic heterocycles. The topological polar surface area (TPSA) is 3.24 Å². The van der Waals surface area contributed by atoms with Crippen LogP contribution in [0, 0.1) is 0 Å². The molecular formula is C10H21N. The van der Waals surface area contributed by atoms with Gasteiger partial charge < -0.3 is 4.90 Å². The van der Waals surface area contributed by atoms with Crippen LogP contribution in [0.25, 0.3) is 0 Å². The van der Waals surface area contributed by atoms with Gasteiger partial charge in [0.1, 0.15) is 0 Å². The molecule has 0 fully saturated rings. The molecule has 0 aromatic carbocycles. The summed E-state index contributed by atoms with van der Waals surface area (Å²) < 4.78 is 0. The van der Waals surface area contributed by atoms with Gasteiger partial charge in [0.25, 0.3) is 0 Å². The van der Waals surface area contributed by atoms with Gasteiger partial charge in [0.2, 0.25) is 0 Å². The van der Waals surface area contributed by atoms with Crippen molar-refractivity contribution in [2.45, 2.75) is 33.6 Å². The largest absolute Gasteiger partial charge is 0.300 e. The summed E-state index contributed by atoms with van der Waals surface area (Å²) in [6.45, 7) is 10.1. The summed E-state index contributed by atoms with van der Waals surface area (Å²) in [5.41, 5.74) is 0. The van der Waals surface area contributed by atoms with Gasteiger partial charge in [-0.3, -0.25) is 0 Å². The first kappa shape index (κ1) is 10.7. The van der Waals surface area contributed by atoms with Crippen molar-refractivity contribution >= 4 is 0 Å². The zero-order valence-electron chi connectivity index (χ0n) is 8.14. The van der Waals surface area contributed by atoms with E-state index in [0.29, 0.717) is 0 Å². The van der Waals surface area contributed by atoms with E-state index >= 15 is 0 Å². The number of hydrogen-bond donors (Lipinski definition) is 0. The van der Waals surface area contributed by atoms with Gasteiger partial charge in [0, 0.05) is 6.54 Å². The van der Waals surface area contributed by atoms with Gasteiger partial charge in [0.15, 0.2) is 0 Å². The Hall–Kier alpha value is -0.300. The molecule has 0 amide bonds. The molecule has 0 saturated heterocycles.